The largest absolute Gasteiger partial charge is 0.311 e. The fourth-order valence-corrected chi connectivity index (χ4v) is 7.89. The third-order valence-electron chi connectivity index (χ3n) is 10.4. The molecule has 1 aliphatic heterocycles. The first-order valence-electron chi connectivity index (χ1n) is 17.7. The van der Waals surface area contributed by atoms with E-state index in [0.717, 1.165) is 17.1 Å². The van der Waals surface area contributed by atoms with Gasteiger partial charge in [-0.1, -0.05) is 159 Å². The van der Waals surface area contributed by atoms with Crippen molar-refractivity contribution in [2.75, 3.05) is 9.80 Å². The molecule has 0 amide bonds. The number of hydrogen-bond acceptors (Lipinski definition) is 2. The number of para-hydroxylation sites is 3. The molecule has 0 bridgehead atoms. The number of benzene rings is 8. The molecule has 0 saturated carbocycles. The number of nitrogens with zero attached hydrogens (tertiary/aromatic N) is 2. The Morgan fingerprint density at radius 2 is 0.961 bits per heavy atom. The Hall–Kier alpha value is -6.38. The van der Waals surface area contributed by atoms with Crippen molar-refractivity contribution in [1.82, 2.24) is 0 Å². The molecule has 244 valence electrons. The van der Waals surface area contributed by atoms with Crippen LogP contribution in [0, 0.1) is 0 Å². The summed E-state index contributed by atoms with van der Waals surface area (Å²) in [4.78, 5) is 4.85. The SMILES string of the molecule is CC1(C)c2ccccc2N(c2c(-c3ccc(N(c4ccccc4)c4ccccc4)cc3)ccc3ccccc23)c2cc(-c3ccccc3)ccc21. The van der Waals surface area contributed by atoms with Crippen LogP contribution in [0.15, 0.2) is 194 Å². The number of anilines is 6. The average molecular weight is 655 g/mol. The fourth-order valence-electron chi connectivity index (χ4n) is 7.89. The summed E-state index contributed by atoms with van der Waals surface area (Å²) in [6, 6.07) is 70.3. The summed E-state index contributed by atoms with van der Waals surface area (Å²) in [5, 5.41) is 2.44. The first-order chi connectivity index (χ1) is 25.1. The van der Waals surface area contributed by atoms with E-state index in [-0.39, 0.29) is 5.41 Å². The summed E-state index contributed by atoms with van der Waals surface area (Å²) in [5.41, 5.74) is 14.2. The van der Waals surface area contributed by atoms with E-state index in [2.05, 4.69) is 218 Å². The molecule has 51 heavy (non-hydrogen) atoms. The van der Waals surface area contributed by atoms with Gasteiger partial charge in [0.15, 0.2) is 0 Å². The van der Waals surface area contributed by atoms with Crippen molar-refractivity contribution in [3.63, 3.8) is 0 Å². The summed E-state index contributed by atoms with van der Waals surface area (Å²) >= 11 is 0. The molecule has 0 saturated heterocycles. The minimum Gasteiger partial charge on any atom is -0.311 e. The van der Waals surface area contributed by atoms with Crippen LogP contribution in [0.5, 0.6) is 0 Å². The third-order valence-corrected chi connectivity index (χ3v) is 10.4. The van der Waals surface area contributed by atoms with E-state index in [9.17, 15) is 0 Å². The molecule has 0 aliphatic carbocycles. The van der Waals surface area contributed by atoms with Crippen molar-refractivity contribution in [2.45, 2.75) is 19.3 Å². The Bertz CT molecular complexity index is 2440. The lowest BCUT2D eigenvalue weighted by atomic mass is 9.73. The van der Waals surface area contributed by atoms with Gasteiger partial charge in [0.25, 0.3) is 0 Å². The lowest BCUT2D eigenvalue weighted by Gasteiger charge is -2.43. The van der Waals surface area contributed by atoms with Gasteiger partial charge < -0.3 is 9.80 Å². The summed E-state index contributed by atoms with van der Waals surface area (Å²) in [7, 11) is 0. The molecule has 0 fully saturated rings. The van der Waals surface area contributed by atoms with Crippen LogP contribution < -0.4 is 9.80 Å². The van der Waals surface area contributed by atoms with Crippen LogP contribution in [-0.4, -0.2) is 0 Å². The molecule has 0 aromatic heterocycles. The maximum atomic E-state index is 2.54. The number of rotatable bonds is 6. The maximum absolute atomic E-state index is 2.54. The van der Waals surface area contributed by atoms with Crippen molar-refractivity contribution in [3.8, 4) is 22.3 Å². The summed E-state index contributed by atoms with van der Waals surface area (Å²) < 4.78 is 0. The first-order valence-corrected chi connectivity index (χ1v) is 17.7. The van der Waals surface area contributed by atoms with Crippen LogP contribution in [0.3, 0.4) is 0 Å². The van der Waals surface area contributed by atoms with Crippen LogP contribution in [0.1, 0.15) is 25.0 Å². The smallest absolute Gasteiger partial charge is 0.0618 e. The zero-order valence-electron chi connectivity index (χ0n) is 28.9. The van der Waals surface area contributed by atoms with Gasteiger partial charge >= 0.3 is 0 Å². The van der Waals surface area contributed by atoms with Gasteiger partial charge in [0.1, 0.15) is 0 Å². The second-order valence-corrected chi connectivity index (χ2v) is 13.8. The molecule has 8 aromatic rings. The highest BCUT2D eigenvalue weighted by atomic mass is 15.2. The fraction of sp³-hybridized carbons (Fsp3) is 0.0612. The van der Waals surface area contributed by atoms with Gasteiger partial charge in [-0.3, -0.25) is 0 Å². The Balaban J connectivity index is 1.26. The zero-order valence-corrected chi connectivity index (χ0v) is 28.9. The molecule has 2 nitrogen and oxygen atoms in total. The van der Waals surface area contributed by atoms with Crippen LogP contribution >= 0.6 is 0 Å². The predicted octanol–water partition coefficient (Wildman–Crippen LogP) is 13.8. The molecule has 0 atom stereocenters. The number of hydrogen-bond donors (Lipinski definition) is 0. The predicted molar refractivity (Wildman–Crippen MR) is 216 cm³/mol. The van der Waals surface area contributed by atoms with Gasteiger partial charge in [0.05, 0.1) is 17.1 Å². The highest BCUT2D eigenvalue weighted by Crippen LogP contribution is 2.55. The minimum atomic E-state index is -0.178. The van der Waals surface area contributed by atoms with E-state index in [1.165, 1.54) is 61.2 Å². The highest BCUT2D eigenvalue weighted by molar-refractivity contribution is 6.07. The standard InChI is InChI=1S/C49H38N2/c1-49(2)44-24-14-15-25-46(44)51(47-34-38(29-33-45(47)49)35-16-6-3-7-17-35)48-42-23-13-12-18-36(42)28-32-43(48)37-26-30-41(31-27-37)50(39-19-8-4-9-20-39)40-21-10-5-11-22-40/h3-34H,1-2H3. The first kappa shape index (κ1) is 30.7. The van der Waals surface area contributed by atoms with Gasteiger partial charge in [-0.2, -0.15) is 0 Å². The Kier molecular flexibility index (Phi) is 7.51. The lowest BCUT2D eigenvalue weighted by molar-refractivity contribution is 0.632. The van der Waals surface area contributed by atoms with Crippen LogP contribution in [-0.2, 0) is 5.41 Å². The van der Waals surface area contributed by atoms with Gasteiger partial charge in [-0.05, 0) is 81.7 Å². The quantitative estimate of drug-likeness (QED) is 0.176. The molecule has 0 radical (unpaired) electrons. The number of fused-ring (bicyclic) bond motifs is 3. The van der Waals surface area contributed by atoms with Crippen molar-refractivity contribution in [2.24, 2.45) is 0 Å². The molecule has 0 spiro atoms. The van der Waals surface area contributed by atoms with Crippen LogP contribution in [0.2, 0.25) is 0 Å². The van der Waals surface area contributed by atoms with Gasteiger partial charge in [-0.25, -0.2) is 0 Å². The van der Waals surface area contributed by atoms with Crippen molar-refractivity contribution in [3.05, 3.63) is 205 Å². The summed E-state index contributed by atoms with van der Waals surface area (Å²) in [5.74, 6) is 0. The Morgan fingerprint density at radius 3 is 1.67 bits per heavy atom. The highest BCUT2D eigenvalue weighted by Gasteiger charge is 2.38. The van der Waals surface area contributed by atoms with Crippen molar-refractivity contribution >= 4 is 44.9 Å². The average Bonchev–Trinajstić information content (AvgIpc) is 3.19. The molecule has 1 heterocycles. The monoisotopic (exact) mass is 654 g/mol. The van der Waals surface area contributed by atoms with Gasteiger partial charge in [-0.15, -0.1) is 0 Å². The molecular formula is C49H38N2. The summed E-state index contributed by atoms with van der Waals surface area (Å²) in [6.45, 7) is 4.72. The van der Waals surface area contributed by atoms with Crippen LogP contribution in [0.25, 0.3) is 33.0 Å². The van der Waals surface area contributed by atoms with E-state index in [1.54, 1.807) is 0 Å². The molecule has 9 rings (SSSR count). The van der Waals surface area contributed by atoms with Crippen molar-refractivity contribution < 1.29 is 0 Å². The lowest BCUT2D eigenvalue weighted by Crippen LogP contribution is -2.31. The summed E-state index contributed by atoms with van der Waals surface area (Å²) in [6.07, 6.45) is 0. The van der Waals surface area contributed by atoms with E-state index in [1.807, 2.05) is 0 Å². The minimum absolute atomic E-state index is 0.178. The van der Waals surface area contributed by atoms with E-state index < -0.39 is 0 Å². The third kappa shape index (κ3) is 5.28. The van der Waals surface area contributed by atoms with E-state index >= 15 is 0 Å². The van der Waals surface area contributed by atoms with E-state index in [0.29, 0.717) is 0 Å². The van der Waals surface area contributed by atoms with Gasteiger partial charge in [0.2, 0.25) is 0 Å². The maximum Gasteiger partial charge on any atom is 0.0618 e. The van der Waals surface area contributed by atoms with E-state index in [4.69, 9.17) is 0 Å². The molecule has 1 aliphatic rings. The van der Waals surface area contributed by atoms with Crippen LogP contribution in [0.4, 0.5) is 34.1 Å². The molecule has 0 unspecified atom stereocenters. The second-order valence-electron chi connectivity index (χ2n) is 13.8. The second kappa shape index (κ2) is 12.5. The molecule has 8 aromatic carbocycles. The molecule has 2 heteroatoms. The molecule has 0 N–H and O–H groups in total. The normalized spacial score (nSPS) is 13.0. The Labute approximate surface area is 300 Å². The topological polar surface area (TPSA) is 6.48 Å². The van der Waals surface area contributed by atoms with Crippen molar-refractivity contribution in [1.29, 1.82) is 0 Å². The zero-order chi connectivity index (χ0) is 34.4. The molecular weight excluding hydrogens is 617 g/mol. The van der Waals surface area contributed by atoms with Gasteiger partial charge in [0, 0.05) is 33.4 Å². The Morgan fingerprint density at radius 1 is 0.412 bits per heavy atom.